The first kappa shape index (κ1) is 27.0. The molecule has 2 aromatic carbocycles. The third-order valence-corrected chi connectivity index (χ3v) is 7.37. The first-order valence-electron chi connectivity index (χ1n) is 11.5. The van der Waals surface area contributed by atoms with Crippen molar-refractivity contribution in [2.75, 3.05) is 20.7 Å². The molecule has 0 saturated carbocycles. The molecule has 1 aromatic heterocycles. The van der Waals surface area contributed by atoms with Crippen LogP contribution in [0.2, 0.25) is 0 Å². The Bertz CT molecular complexity index is 1420. The van der Waals surface area contributed by atoms with Crippen LogP contribution in [0.25, 0.3) is 0 Å². The molecule has 0 bridgehead atoms. The number of rotatable bonds is 9. The molecular weight excluding hydrogens is 531 g/mol. The second-order valence-electron chi connectivity index (χ2n) is 8.37. The number of imide groups is 1. The van der Waals surface area contributed by atoms with Gasteiger partial charge in [0.05, 0.1) is 45.5 Å². The van der Waals surface area contributed by atoms with Crippen molar-refractivity contribution in [2.45, 2.75) is 12.5 Å². The van der Waals surface area contributed by atoms with E-state index in [-0.39, 0.29) is 18.0 Å². The molecule has 11 heteroatoms. The summed E-state index contributed by atoms with van der Waals surface area (Å²) < 4.78 is 18.9. The second kappa shape index (κ2) is 11.6. The van der Waals surface area contributed by atoms with E-state index in [1.165, 1.54) is 25.4 Å². The highest BCUT2D eigenvalue weighted by atomic mass is 35.5. The minimum absolute atomic E-state index is 0.0752. The van der Waals surface area contributed by atoms with Crippen LogP contribution in [0.1, 0.15) is 41.5 Å². The average Bonchev–Trinajstić information content (AvgIpc) is 3.45. The summed E-state index contributed by atoms with van der Waals surface area (Å²) in [6.07, 6.45) is 1.44. The fourth-order valence-corrected chi connectivity index (χ4v) is 5.25. The fourth-order valence-electron chi connectivity index (χ4n) is 4.19. The van der Waals surface area contributed by atoms with E-state index < -0.39 is 29.6 Å². The molecule has 3 amide bonds. The zero-order valence-corrected chi connectivity index (χ0v) is 22.1. The number of hydrogen-bond donors (Lipinski definition) is 2. The number of nitrogens with two attached hydrogens (primary N) is 1. The Kier molecular flexibility index (Phi) is 8.23. The monoisotopic (exact) mass is 554 g/mol. The van der Waals surface area contributed by atoms with Gasteiger partial charge in [-0.25, -0.2) is 4.39 Å². The molecule has 2 heterocycles. The molecule has 196 valence electrons. The van der Waals surface area contributed by atoms with E-state index in [0.29, 0.717) is 32.3 Å². The molecule has 0 radical (unpaired) electrons. The van der Waals surface area contributed by atoms with Gasteiger partial charge in [-0.05, 0) is 42.3 Å². The molecule has 4 rings (SSSR count). The van der Waals surface area contributed by atoms with Crippen molar-refractivity contribution in [3.8, 4) is 5.06 Å². The number of hydrogen-bond acceptors (Lipinski definition) is 7. The SMILES string of the molecule is CN=C(C(Cl)=CN)c1cc(C(=O)N[C@@H](Cc2ccc(F)cc2)CN2C(=O)c3ccccc3C2=O)sc1OC. The van der Waals surface area contributed by atoms with Crippen LogP contribution < -0.4 is 15.8 Å². The summed E-state index contributed by atoms with van der Waals surface area (Å²) in [4.78, 5) is 44.9. The van der Waals surface area contributed by atoms with Crippen LogP contribution in [0.15, 0.2) is 70.8 Å². The summed E-state index contributed by atoms with van der Waals surface area (Å²) in [7, 11) is 3.00. The minimum Gasteiger partial charge on any atom is -0.487 e. The lowest BCUT2D eigenvalue weighted by atomic mass is 10.0. The maximum absolute atomic E-state index is 13.5. The fraction of sp³-hybridized carbons (Fsp3) is 0.185. The molecule has 1 aliphatic heterocycles. The number of carbonyl (C=O) groups excluding carboxylic acids is 3. The number of nitrogens with one attached hydrogen (secondary N) is 1. The van der Waals surface area contributed by atoms with E-state index in [9.17, 15) is 18.8 Å². The van der Waals surface area contributed by atoms with Crippen LogP contribution >= 0.6 is 22.9 Å². The number of halogens is 2. The van der Waals surface area contributed by atoms with Crippen LogP contribution in [0.3, 0.4) is 0 Å². The van der Waals surface area contributed by atoms with Gasteiger partial charge in [0.25, 0.3) is 17.7 Å². The van der Waals surface area contributed by atoms with Gasteiger partial charge < -0.3 is 15.8 Å². The van der Waals surface area contributed by atoms with Crippen molar-refractivity contribution in [3.05, 3.63) is 98.8 Å². The molecule has 0 aliphatic carbocycles. The van der Waals surface area contributed by atoms with E-state index in [1.54, 1.807) is 49.5 Å². The van der Waals surface area contributed by atoms with Gasteiger partial charge >= 0.3 is 0 Å². The Labute approximate surface area is 227 Å². The highest BCUT2D eigenvalue weighted by Gasteiger charge is 2.37. The van der Waals surface area contributed by atoms with Gasteiger partial charge in [0.1, 0.15) is 5.82 Å². The van der Waals surface area contributed by atoms with Gasteiger partial charge in [-0.2, -0.15) is 0 Å². The summed E-state index contributed by atoms with van der Waals surface area (Å²) >= 11 is 7.27. The van der Waals surface area contributed by atoms with Gasteiger partial charge in [-0.1, -0.05) is 47.2 Å². The first-order chi connectivity index (χ1) is 18.3. The number of allylic oxidation sites excluding steroid dienone is 1. The topological polar surface area (TPSA) is 114 Å². The van der Waals surface area contributed by atoms with Gasteiger partial charge in [0.2, 0.25) is 0 Å². The summed E-state index contributed by atoms with van der Waals surface area (Å²) in [5.41, 5.74) is 7.75. The summed E-state index contributed by atoms with van der Waals surface area (Å²) in [5.74, 6) is -1.72. The zero-order valence-electron chi connectivity index (χ0n) is 20.5. The number of carbonyl (C=O) groups is 3. The Morgan fingerprint density at radius 3 is 2.37 bits per heavy atom. The average molecular weight is 555 g/mol. The lowest BCUT2D eigenvalue weighted by molar-refractivity contribution is 0.0629. The Morgan fingerprint density at radius 1 is 1.18 bits per heavy atom. The Morgan fingerprint density at radius 2 is 1.82 bits per heavy atom. The van der Waals surface area contributed by atoms with Gasteiger partial charge in [0.15, 0.2) is 5.06 Å². The van der Waals surface area contributed by atoms with Crippen molar-refractivity contribution in [1.82, 2.24) is 10.2 Å². The first-order valence-corrected chi connectivity index (χ1v) is 12.7. The van der Waals surface area contributed by atoms with E-state index in [4.69, 9.17) is 22.1 Å². The van der Waals surface area contributed by atoms with Crippen LogP contribution in [0.4, 0.5) is 4.39 Å². The molecule has 3 N–H and O–H groups in total. The molecule has 3 aromatic rings. The maximum atomic E-state index is 13.5. The molecule has 1 aliphatic rings. The molecule has 8 nitrogen and oxygen atoms in total. The Balaban J connectivity index is 1.62. The standard InChI is InChI=1S/C27H24ClFN4O4S/c1-31-23(21(28)13-30)20-12-22(38-27(20)37-2)24(34)32-17(11-15-7-9-16(29)10-8-15)14-33-25(35)18-5-3-4-6-19(18)26(33)36/h3-10,12-13,17H,11,14,30H2,1-2H3,(H,32,34)/t17-/m0/s1. The van der Waals surface area contributed by atoms with Crippen molar-refractivity contribution in [3.63, 3.8) is 0 Å². The van der Waals surface area contributed by atoms with Crippen LogP contribution in [-0.2, 0) is 6.42 Å². The van der Waals surface area contributed by atoms with Crippen LogP contribution in [0.5, 0.6) is 5.06 Å². The Hall–Kier alpha value is -4.02. The summed E-state index contributed by atoms with van der Waals surface area (Å²) in [5, 5.41) is 3.52. The third-order valence-electron chi connectivity index (χ3n) is 5.97. The number of benzene rings is 2. The largest absolute Gasteiger partial charge is 0.487 e. The number of aliphatic imine (C=N–C) groups is 1. The van der Waals surface area contributed by atoms with Crippen molar-refractivity contribution in [1.29, 1.82) is 0 Å². The molecule has 0 spiro atoms. The maximum Gasteiger partial charge on any atom is 0.261 e. The molecule has 0 saturated heterocycles. The molecule has 0 unspecified atom stereocenters. The quantitative estimate of drug-likeness (QED) is 0.307. The number of thiophene rings is 1. The van der Waals surface area contributed by atoms with Crippen molar-refractivity contribution in [2.24, 2.45) is 10.7 Å². The number of nitrogens with zero attached hydrogens (tertiary/aromatic N) is 2. The third kappa shape index (κ3) is 5.46. The highest BCUT2D eigenvalue weighted by molar-refractivity contribution is 7.16. The molecule has 38 heavy (non-hydrogen) atoms. The highest BCUT2D eigenvalue weighted by Crippen LogP contribution is 2.33. The number of fused-ring (bicyclic) bond motifs is 1. The lowest BCUT2D eigenvalue weighted by Gasteiger charge is -2.24. The van der Waals surface area contributed by atoms with Gasteiger partial charge in [-0.15, -0.1) is 0 Å². The predicted molar refractivity (Wildman–Crippen MR) is 145 cm³/mol. The molecule has 1 atom stereocenters. The van der Waals surface area contributed by atoms with Crippen LogP contribution in [-0.4, -0.2) is 55.1 Å². The number of amides is 3. The smallest absolute Gasteiger partial charge is 0.261 e. The van der Waals surface area contributed by atoms with E-state index in [0.717, 1.165) is 21.8 Å². The van der Waals surface area contributed by atoms with Crippen molar-refractivity contribution < 1.29 is 23.5 Å². The summed E-state index contributed by atoms with van der Waals surface area (Å²) in [6, 6.07) is 13.3. The molecular formula is C27H24ClFN4O4S. The van der Waals surface area contributed by atoms with Crippen LogP contribution in [0, 0.1) is 5.82 Å². The zero-order chi connectivity index (χ0) is 27.4. The van der Waals surface area contributed by atoms with Crippen molar-refractivity contribution >= 4 is 46.4 Å². The van der Waals surface area contributed by atoms with Gasteiger partial charge in [-0.3, -0.25) is 24.3 Å². The summed E-state index contributed by atoms with van der Waals surface area (Å²) in [6.45, 7) is -0.0752. The van der Waals surface area contributed by atoms with E-state index in [2.05, 4.69) is 10.3 Å². The van der Waals surface area contributed by atoms with E-state index in [1.807, 2.05) is 0 Å². The lowest BCUT2D eigenvalue weighted by Crippen LogP contribution is -2.46. The second-order valence-corrected chi connectivity index (χ2v) is 9.79. The number of ether oxygens (including phenoxy) is 1. The number of methoxy groups -OCH3 is 1. The minimum atomic E-state index is -0.668. The molecule has 0 fully saturated rings. The predicted octanol–water partition coefficient (Wildman–Crippen LogP) is 3.99. The van der Waals surface area contributed by atoms with E-state index >= 15 is 0 Å². The van der Waals surface area contributed by atoms with Gasteiger partial charge in [0, 0.05) is 19.8 Å². The normalized spacial score (nSPS) is 14.5.